The lowest BCUT2D eigenvalue weighted by Crippen LogP contribution is -2.28. The van der Waals surface area contributed by atoms with Crippen molar-refractivity contribution in [1.82, 2.24) is 4.98 Å². The van der Waals surface area contributed by atoms with Crippen molar-refractivity contribution in [3.8, 4) is 17.0 Å². The monoisotopic (exact) mass is 417 g/mol. The molecular formula is C18H22ClF2N3O2S. The summed E-state index contributed by atoms with van der Waals surface area (Å²) < 4.78 is 28.8. The Balaban J connectivity index is 0.00000261. The first-order valence-corrected chi connectivity index (χ1v) is 9.32. The predicted octanol–water partition coefficient (Wildman–Crippen LogP) is 4.60. The van der Waals surface area contributed by atoms with E-state index in [2.05, 4.69) is 15.0 Å². The molecule has 2 atom stereocenters. The minimum absolute atomic E-state index is 0. The van der Waals surface area contributed by atoms with Crippen LogP contribution in [0.1, 0.15) is 30.6 Å². The largest absolute Gasteiger partial charge is 0.435 e. The number of amides is 1. The van der Waals surface area contributed by atoms with Crippen molar-refractivity contribution in [1.29, 1.82) is 0 Å². The van der Waals surface area contributed by atoms with Gasteiger partial charge < -0.3 is 15.8 Å². The first-order chi connectivity index (χ1) is 12.4. The van der Waals surface area contributed by atoms with Crippen LogP contribution in [0.25, 0.3) is 11.3 Å². The van der Waals surface area contributed by atoms with Crippen molar-refractivity contribution >= 4 is 34.8 Å². The topological polar surface area (TPSA) is 77.2 Å². The van der Waals surface area contributed by atoms with E-state index in [-0.39, 0.29) is 36.0 Å². The van der Waals surface area contributed by atoms with E-state index in [1.165, 1.54) is 23.5 Å². The molecule has 1 aliphatic rings. The number of anilines is 1. The van der Waals surface area contributed by atoms with Gasteiger partial charge in [0.1, 0.15) is 5.75 Å². The van der Waals surface area contributed by atoms with E-state index >= 15 is 0 Å². The molecule has 5 nitrogen and oxygen atoms in total. The van der Waals surface area contributed by atoms with Crippen LogP contribution in [0.2, 0.25) is 0 Å². The molecule has 0 radical (unpaired) electrons. The summed E-state index contributed by atoms with van der Waals surface area (Å²) in [5.41, 5.74) is 7.51. The molecule has 0 unspecified atom stereocenters. The highest BCUT2D eigenvalue weighted by molar-refractivity contribution is 7.16. The van der Waals surface area contributed by atoms with Gasteiger partial charge in [-0.3, -0.25) is 4.79 Å². The van der Waals surface area contributed by atoms with Crippen molar-refractivity contribution in [2.45, 2.75) is 45.3 Å². The zero-order valence-electron chi connectivity index (χ0n) is 14.8. The molecule has 3 rings (SSSR count). The average Bonchev–Trinajstić information content (AvgIpc) is 3.13. The molecule has 0 spiro atoms. The van der Waals surface area contributed by atoms with Crippen LogP contribution in [0.4, 0.5) is 13.9 Å². The third-order valence-corrected chi connectivity index (χ3v) is 5.45. The SMILES string of the molecule is Cc1sc(NC(=O)C[C@@H]2CCC[C@H]2N)nc1-c1ccc(OC(F)F)cc1.Cl. The van der Waals surface area contributed by atoms with Crippen LogP contribution < -0.4 is 15.8 Å². The zero-order chi connectivity index (χ0) is 18.7. The molecule has 1 saturated carbocycles. The molecule has 1 aromatic heterocycles. The van der Waals surface area contributed by atoms with Gasteiger partial charge in [-0.15, -0.1) is 23.7 Å². The molecule has 27 heavy (non-hydrogen) atoms. The number of carbonyl (C=O) groups is 1. The van der Waals surface area contributed by atoms with Crippen LogP contribution in [0.3, 0.4) is 0 Å². The van der Waals surface area contributed by atoms with Gasteiger partial charge in [-0.25, -0.2) is 4.98 Å². The minimum atomic E-state index is -2.85. The molecule has 3 N–H and O–H groups in total. The summed E-state index contributed by atoms with van der Waals surface area (Å²) in [5, 5.41) is 3.38. The first kappa shape index (κ1) is 21.5. The second-order valence-corrected chi connectivity index (χ2v) is 7.64. The number of carbonyl (C=O) groups excluding carboxylic acids is 1. The maximum absolute atomic E-state index is 12.2. The number of hydrogen-bond acceptors (Lipinski definition) is 5. The highest BCUT2D eigenvalue weighted by Crippen LogP contribution is 2.32. The van der Waals surface area contributed by atoms with Crippen LogP contribution in [-0.2, 0) is 4.79 Å². The maximum Gasteiger partial charge on any atom is 0.387 e. The van der Waals surface area contributed by atoms with Gasteiger partial charge in [-0.1, -0.05) is 6.42 Å². The van der Waals surface area contributed by atoms with Crippen molar-refractivity contribution in [2.24, 2.45) is 11.7 Å². The molecule has 0 bridgehead atoms. The van der Waals surface area contributed by atoms with Crippen LogP contribution in [0.15, 0.2) is 24.3 Å². The summed E-state index contributed by atoms with van der Waals surface area (Å²) in [6.45, 7) is -0.948. The quantitative estimate of drug-likeness (QED) is 0.720. The fraction of sp³-hybridized carbons (Fsp3) is 0.444. The zero-order valence-corrected chi connectivity index (χ0v) is 16.4. The number of nitrogens with zero attached hydrogens (tertiary/aromatic N) is 1. The Bertz CT molecular complexity index is 770. The lowest BCUT2D eigenvalue weighted by Gasteiger charge is -2.13. The lowest BCUT2D eigenvalue weighted by atomic mass is 10.00. The second kappa shape index (κ2) is 9.43. The Morgan fingerprint density at radius 3 is 2.67 bits per heavy atom. The van der Waals surface area contributed by atoms with Crippen LogP contribution >= 0.6 is 23.7 Å². The van der Waals surface area contributed by atoms with Crippen molar-refractivity contribution < 1.29 is 18.3 Å². The van der Waals surface area contributed by atoms with E-state index in [9.17, 15) is 13.6 Å². The van der Waals surface area contributed by atoms with Gasteiger partial charge >= 0.3 is 6.61 Å². The van der Waals surface area contributed by atoms with Crippen LogP contribution in [0, 0.1) is 12.8 Å². The number of aryl methyl sites for hydroxylation is 1. The number of aromatic nitrogens is 1. The fourth-order valence-corrected chi connectivity index (χ4v) is 4.09. The molecule has 0 saturated heterocycles. The van der Waals surface area contributed by atoms with Crippen LogP contribution in [-0.4, -0.2) is 23.5 Å². The van der Waals surface area contributed by atoms with Gasteiger partial charge in [0.15, 0.2) is 5.13 Å². The molecule has 1 aliphatic carbocycles. The van der Waals surface area contributed by atoms with Crippen LogP contribution in [0.5, 0.6) is 5.75 Å². The van der Waals surface area contributed by atoms with Gasteiger partial charge in [0, 0.05) is 22.9 Å². The van der Waals surface area contributed by atoms with E-state index in [1.54, 1.807) is 12.1 Å². The number of halogens is 3. The number of thiazole rings is 1. The summed E-state index contributed by atoms with van der Waals surface area (Å²) >= 11 is 1.39. The molecular weight excluding hydrogens is 396 g/mol. The van der Waals surface area contributed by atoms with Crippen molar-refractivity contribution in [2.75, 3.05) is 5.32 Å². The third kappa shape index (κ3) is 5.60. The van der Waals surface area contributed by atoms with E-state index in [1.807, 2.05) is 6.92 Å². The van der Waals surface area contributed by atoms with Gasteiger partial charge in [0.25, 0.3) is 0 Å². The number of rotatable bonds is 6. The summed E-state index contributed by atoms with van der Waals surface area (Å²) in [6.07, 6.45) is 3.45. The number of ether oxygens (including phenoxy) is 1. The Kier molecular flexibility index (Phi) is 7.52. The van der Waals surface area contributed by atoms with E-state index < -0.39 is 6.61 Å². The van der Waals surface area contributed by atoms with Gasteiger partial charge in [-0.05, 0) is 49.9 Å². The Hall–Kier alpha value is -1.77. The lowest BCUT2D eigenvalue weighted by molar-refractivity contribution is -0.117. The first-order valence-electron chi connectivity index (χ1n) is 8.50. The number of alkyl halides is 2. The maximum atomic E-state index is 12.2. The standard InChI is InChI=1S/C18H21F2N3O2S.ClH/c1-10-16(11-5-7-13(8-6-11)25-17(19)20)23-18(26-10)22-15(24)9-12-3-2-4-14(12)21;/h5-8,12,14,17H,2-4,9,21H2,1H3,(H,22,23,24);1H/t12-,14+;/m0./s1. The Morgan fingerprint density at radius 2 is 2.07 bits per heavy atom. The van der Waals surface area contributed by atoms with E-state index in [0.29, 0.717) is 17.2 Å². The second-order valence-electron chi connectivity index (χ2n) is 6.43. The number of benzene rings is 1. The summed E-state index contributed by atoms with van der Waals surface area (Å²) in [6, 6.07) is 6.38. The molecule has 1 aromatic carbocycles. The Morgan fingerprint density at radius 1 is 1.37 bits per heavy atom. The highest BCUT2D eigenvalue weighted by atomic mass is 35.5. The molecule has 1 heterocycles. The summed E-state index contributed by atoms with van der Waals surface area (Å²) in [4.78, 5) is 17.6. The average molecular weight is 418 g/mol. The van der Waals surface area contributed by atoms with Crippen molar-refractivity contribution in [3.05, 3.63) is 29.1 Å². The highest BCUT2D eigenvalue weighted by Gasteiger charge is 2.26. The number of nitrogens with one attached hydrogen (secondary N) is 1. The molecule has 0 aliphatic heterocycles. The van der Waals surface area contributed by atoms with Gasteiger partial charge in [0.05, 0.1) is 5.69 Å². The normalized spacial score (nSPS) is 19.0. The van der Waals surface area contributed by atoms with Gasteiger partial charge in [0.2, 0.25) is 5.91 Å². The number of hydrogen-bond donors (Lipinski definition) is 2. The Labute approximate surface area is 166 Å². The molecule has 9 heteroatoms. The van der Waals surface area contributed by atoms with Crippen molar-refractivity contribution in [3.63, 3.8) is 0 Å². The summed E-state index contributed by atoms with van der Waals surface area (Å²) in [5.74, 6) is 0.254. The molecule has 1 fully saturated rings. The molecule has 2 aromatic rings. The third-order valence-electron chi connectivity index (χ3n) is 4.56. The fourth-order valence-electron chi connectivity index (χ4n) is 3.24. The van der Waals surface area contributed by atoms with Gasteiger partial charge in [-0.2, -0.15) is 8.78 Å². The molecule has 1 amide bonds. The smallest absolute Gasteiger partial charge is 0.387 e. The summed E-state index contributed by atoms with van der Waals surface area (Å²) in [7, 11) is 0. The number of nitrogens with two attached hydrogens (primary N) is 1. The predicted molar refractivity (Wildman–Crippen MR) is 105 cm³/mol. The van der Waals surface area contributed by atoms with E-state index in [4.69, 9.17) is 5.73 Å². The van der Waals surface area contributed by atoms with E-state index in [0.717, 1.165) is 29.7 Å². The minimum Gasteiger partial charge on any atom is -0.435 e. The molecule has 148 valence electrons.